The Labute approximate surface area is 220 Å². The fourth-order valence-corrected chi connectivity index (χ4v) is 5.24. The summed E-state index contributed by atoms with van der Waals surface area (Å²) in [5.74, 6) is -0.00239. The first-order valence-corrected chi connectivity index (χ1v) is 13.3. The van der Waals surface area contributed by atoms with Crippen LogP contribution in [0.4, 0.5) is 4.39 Å². The number of aryl methyl sites for hydroxylation is 1. The largest absolute Gasteiger partial charge is 0.488 e. The Kier molecular flexibility index (Phi) is 8.16. The quantitative estimate of drug-likeness (QED) is 0.287. The number of nitrogens with one attached hydrogen (secondary N) is 1. The summed E-state index contributed by atoms with van der Waals surface area (Å²) < 4.78 is 59.3. The van der Waals surface area contributed by atoms with Gasteiger partial charge in [-0.25, -0.2) is 21.8 Å². The van der Waals surface area contributed by atoms with Gasteiger partial charge < -0.3 is 19.5 Å². The molecule has 2 aromatic carbocycles. The average Bonchev–Trinajstić information content (AvgIpc) is 3.25. The highest BCUT2D eigenvalue weighted by atomic mass is 32.2. The lowest BCUT2D eigenvalue weighted by Crippen LogP contribution is -2.22. The van der Waals surface area contributed by atoms with E-state index < -0.39 is 15.8 Å². The van der Waals surface area contributed by atoms with Crippen LogP contribution >= 0.6 is 0 Å². The lowest BCUT2D eigenvalue weighted by atomic mass is 10.1. The molecule has 0 aliphatic heterocycles. The van der Waals surface area contributed by atoms with Gasteiger partial charge in [-0.15, -0.1) is 0 Å². The summed E-state index contributed by atoms with van der Waals surface area (Å²) in [6.07, 6.45) is 3.31. The molecule has 4 rings (SSSR count). The molecule has 2 heterocycles. The van der Waals surface area contributed by atoms with Crippen LogP contribution in [0.1, 0.15) is 18.1 Å². The second-order valence-corrected chi connectivity index (χ2v) is 10.3. The normalized spacial score (nSPS) is 11.4. The van der Waals surface area contributed by atoms with Crippen LogP contribution in [0.15, 0.2) is 65.8 Å². The van der Waals surface area contributed by atoms with Crippen molar-refractivity contribution in [1.82, 2.24) is 14.3 Å². The van der Waals surface area contributed by atoms with Gasteiger partial charge in [0.25, 0.3) is 10.0 Å². The van der Waals surface area contributed by atoms with E-state index in [1.165, 1.54) is 44.6 Å². The zero-order chi connectivity index (χ0) is 27.3. The predicted octanol–water partition coefficient (Wildman–Crippen LogP) is 3.87. The third-order valence-corrected chi connectivity index (χ3v) is 7.47. The first-order chi connectivity index (χ1) is 18.2. The summed E-state index contributed by atoms with van der Waals surface area (Å²) in [6, 6.07) is 12.4. The molecule has 2 aromatic heterocycles. The Morgan fingerprint density at radius 2 is 1.82 bits per heavy atom. The molecule has 0 radical (unpaired) electrons. The Morgan fingerprint density at radius 1 is 1.08 bits per heavy atom. The van der Waals surface area contributed by atoms with Gasteiger partial charge in [0.1, 0.15) is 19.0 Å². The maximum absolute atomic E-state index is 15.1. The molecule has 200 valence electrons. The van der Waals surface area contributed by atoms with Crippen LogP contribution in [0.2, 0.25) is 0 Å². The summed E-state index contributed by atoms with van der Waals surface area (Å²) >= 11 is 0. The van der Waals surface area contributed by atoms with E-state index in [9.17, 15) is 13.2 Å². The van der Waals surface area contributed by atoms with E-state index in [1.54, 1.807) is 24.3 Å². The van der Waals surface area contributed by atoms with Gasteiger partial charge in [0, 0.05) is 37.2 Å². The molecule has 0 fully saturated rings. The molecule has 0 atom stereocenters. The molecule has 0 spiro atoms. The van der Waals surface area contributed by atoms with Crippen LogP contribution < -0.4 is 19.5 Å². The van der Waals surface area contributed by atoms with Crippen LogP contribution in [0.5, 0.6) is 17.4 Å². The number of hydrogen-bond acceptors (Lipinski definition) is 7. The van der Waals surface area contributed by atoms with Crippen LogP contribution in [0.3, 0.4) is 0 Å². The van der Waals surface area contributed by atoms with Crippen molar-refractivity contribution in [3.63, 3.8) is 0 Å². The number of pyridine rings is 1. The minimum absolute atomic E-state index is 0.0397. The molecule has 4 aromatic rings. The first kappa shape index (κ1) is 26.9. The van der Waals surface area contributed by atoms with Gasteiger partial charge in [0.15, 0.2) is 11.6 Å². The second kappa shape index (κ2) is 11.5. The Bertz CT molecular complexity index is 1530. The molecule has 0 saturated heterocycles. The van der Waals surface area contributed by atoms with Crippen molar-refractivity contribution in [3.05, 3.63) is 77.9 Å². The number of halogens is 1. The number of carbonyl (C=O) groups is 1. The molecule has 0 saturated carbocycles. The first-order valence-electron chi connectivity index (χ1n) is 11.8. The third-order valence-electron chi connectivity index (χ3n) is 5.78. The number of amides is 1. The zero-order valence-electron chi connectivity index (χ0n) is 21.2. The highest BCUT2D eigenvalue weighted by molar-refractivity contribution is 7.90. The van der Waals surface area contributed by atoms with E-state index in [4.69, 9.17) is 14.2 Å². The highest BCUT2D eigenvalue weighted by Crippen LogP contribution is 2.32. The molecule has 1 N–H and O–H groups in total. The summed E-state index contributed by atoms with van der Waals surface area (Å²) in [6.45, 7) is 3.71. The number of rotatable bonds is 11. The van der Waals surface area contributed by atoms with Crippen LogP contribution in [0.25, 0.3) is 10.9 Å². The monoisotopic (exact) mass is 541 g/mol. The lowest BCUT2D eigenvalue weighted by Gasteiger charge is -2.11. The van der Waals surface area contributed by atoms with E-state index in [1.807, 2.05) is 6.92 Å². The summed E-state index contributed by atoms with van der Waals surface area (Å²) in [5.41, 5.74) is 1.71. The molecule has 0 unspecified atom stereocenters. The summed E-state index contributed by atoms with van der Waals surface area (Å²) in [4.78, 5) is 15.5. The molecule has 0 aliphatic carbocycles. The summed E-state index contributed by atoms with van der Waals surface area (Å²) in [7, 11) is -2.49. The van der Waals surface area contributed by atoms with E-state index in [0.29, 0.717) is 29.0 Å². The number of hydrogen-bond donors (Lipinski definition) is 1. The fourth-order valence-electron chi connectivity index (χ4n) is 3.85. The number of nitrogens with zero attached hydrogens (tertiary/aromatic N) is 2. The lowest BCUT2D eigenvalue weighted by molar-refractivity contribution is -0.118. The van der Waals surface area contributed by atoms with Gasteiger partial charge in [0.2, 0.25) is 11.8 Å². The predicted molar refractivity (Wildman–Crippen MR) is 140 cm³/mol. The van der Waals surface area contributed by atoms with Crippen molar-refractivity contribution in [1.29, 1.82) is 0 Å². The van der Waals surface area contributed by atoms with Gasteiger partial charge in [-0.3, -0.25) is 4.79 Å². The molecule has 1 amide bonds. The van der Waals surface area contributed by atoms with Gasteiger partial charge in [0.05, 0.1) is 23.7 Å². The van der Waals surface area contributed by atoms with Crippen molar-refractivity contribution < 1.29 is 31.8 Å². The number of methoxy groups -OCH3 is 1. The summed E-state index contributed by atoms with van der Waals surface area (Å²) in [5, 5.41) is 3.21. The fraction of sp³-hybridized carbons (Fsp3) is 0.259. The van der Waals surface area contributed by atoms with Crippen LogP contribution in [-0.4, -0.2) is 50.1 Å². The van der Waals surface area contributed by atoms with Crippen molar-refractivity contribution >= 4 is 26.8 Å². The van der Waals surface area contributed by atoms with Crippen molar-refractivity contribution in [2.45, 2.75) is 25.2 Å². The number of benzene rings is 2. The number of ether oxygens (including phenoxy) is 3. The molecule has 0 aliphatic rings. The smallest absolute Gasteiger partial charge is 0.268 e. The van der Waals surface area contributed by atoms with E-state index in [2.05, 4.69) is 10.3 Å². The maximum atomic E-state index is 15.1. The SMILES string of the molecule is COc1ccc(OCCOc2cc3c(CCNC(C)=O)cn(S(=O)(=O)c4ccc(C)cc4)c3cc2F)cn1. The number of fused-ring (bicyclic) bond motifs is 1. The molecular weight excluding hydrogens is 513 g/mol. The minimum Gasteiger partial charge on any atom is -0.488 e. The topological polar surface area (TPSA) is 109 Å². The molecule has 38 heavy (non-hydrogen) atoms. The van der Waals surface area contributed by atoms with E-state index in [-0.39, 0.29) is 41.8 Å². The van der Waals surface area contributed by atoms with Gasteiger partial charge in [-0.1, -0.05) is 17.7 Å². The maximum Gasteiger partial charge on any atom is 0.268 e. The van der Waals surface area contributed by atoms with Crippen LogP contribution in [-0.2, 0) is 21.2 Å². The highest BCUT2D eigenvalue weighted by Gasteiger charge is 2.23. The number of carbonyl (C=O) groups excluding carboxylic acids is 1. The standard InChI is InChI=1S/C27H28FN3O6S/c1-18-4-7-22(8-5-18)38(33,34)31-17-20(10-11-29-19(2)32)23-14-26(24(28)15-25(23)31)37-13-12-36-21-6-9-27(35-3)30-16-21/h4-9,14-17H,10-13H2,1-3H3,(H,29,32). The van der Waals surface area contributed by atoms with E-state index >= 15 is 4.39 Å². The van der Waals surface area contributed by atoms with Gasteiger partial charge >= 0.3 is 0 Å². The number of aromatic nitrogens is 2. The van der Waals surface area contributed by atoms with Crippen molar-refractivity contribution in [2.24, 2.45) is 0 Å². The molecule has 0 bridgehead atoms. The van der Waals surface area contributed by atoms with Gasteiger partial charge in [-0.05, 0) is 43.2 Å². The molecular formula is C27H28FN3O6S. The second-order valence-electron chi connectivity index (χ2n) is 8.53. The minimum atomic E-state index is -4.00. The van der Waals surface area contributed by atoms with Crippen molar-refractivity contribution in [3.8, 4) is 17.4 Å². The molecule has 11 heteroatoms. The Balaban J connectivity index is 1.60. The Hall–Kier alpha value is -4.12. The average molecular weight is 542 g/mol. The molecule has 9 nitrogen and oxygen atoms in total. The van der Waals surface area contributed by atoms with Crippen molar-refractivity contribution in [2.75, 3.05) is 26.9 Å². The third kappa shape index (κ3) is 6.05. The van der Waals surface area contributed by atoms with Gasteiger partial charge in [-0.2, -0.15) is 0 Å². The van der Waals surface area contributed by atoms with Crippen LogP contribution in [0, 0.1) is 12.7 Å². The van der Waals surface area contributed by atoms with E-state index in [0.717, 1.165) is 15.6 Å². The Morgan fingerprint density at radius 3 is 2.47 bits per heavy atom. The zero-order valence-corrected chi connectivity index (χ0v) is 22.0.